The summed E-state index contributed by atoms with van der Waals surface area (Å²) in [5.74, 6) is -0.976. The molecule has 3 heterocycles. The first-order chi connectivity index (χ1) is 15.8. The van der Waals surface area contributed by atoms with Gasteiger partial charge in [0.05, 0.1) is 11.9 Å². The molecule has 0 fully saturated rings. The topological polar surface area (TPSA) is 107 Å². The van der Waals surface area contributed by atoms with Crippen molar-refractivity contribution in [2.75, 3.05) is 11.9 Å². The number of anilines is 1. The molecule has 0 bridgehead atoms. The maximum atomic E-state index is 13.2. The quantitative estimate of drug-likeness (QED) is 0.355. The zero-order chi connectivity index (χ0) is 23.7. The van der Waals surface area contributed by atoms with Gasteiger partial charge in [0, 0.05) is 48.6 Å². The number of alkyl halides is 2. The number of fused-ring (bicyclic) bond motifs is 1. The Morgan fingerprint density at radius 1 is 1.36 bits per heavy atom. The van der Waals surface area contributed by atoms with Crippen LogP contribution in [0.2, 0.25) is 0 Å². The van der Waals surface area contributed by atoms with E-state index in [0.29, 0.717) is 11.2 Å². The highest BCUT2D eigenvalue weighted by Gasteiger charge is 2.24. The summed E-state index contributed by atoms with van der Waals surface area (Å²) in [4.78, 5) is 17.3. The second kappa shape index (κ2) is 9.16. The minimum atomic E-state index is -3.10. The van der Waals surface area contributed by atoms with Crippen LogP contribution in [0, 0.1) is 0 Å². The molecular formula is C21H20F2N6O3S. The number of nitrogens with zero attached hydrogens (tertiary/aromatic N) is 5. The van der Waals surface area contributed by atoms with Crippen molar-refractivity contribution in [2.45, 2.75) is 24.3 Å². The van der Waals surface area contributed by atoms with E-state index < -0.39 is 12.5 Å². The monoisotopic (exact) mass is 474 g/mol. The van der Waals surface area contributed by atoms with E-state index >= 15 is 0 Å². The molecule has 0 aliphatic heterocycles. The molecule has 0 saturated carbocycles. The highest BCUT2D eigenvalue weighted by molar-refractivity contribution is 7.80. The molecule has 0 radical (unpaired) electrons. The van der Waals surface area contributed by atoms with Crippen molar-refractivity contribution < 1.29 is 23.4 Å². The van der Waals surface area contributed by atoms with Gasteiger partial charge in [0.15, 0.2) is 5.65 Å². The number of aryl methyl sites for hydroxylation is 1. The first-order valence-corrected chi connectivity index (χ1v) is 10.3. The maximum Gasteiger partial charge on any atom is 0.387 e. The minimum Gasteiger partial charge on any atom is -0.433 e. The van der Waals surface area contributed by atoms with Crippen LogP contribution in [-0.2, 0) is 7.05 Å². The summed E-state index contributed by atoms with van der Waals surface area (Å²) in [5, 5.41) is 20.8. The zero-order valence-electron chi connectivity index (χ0n) is 17.6. The molecule has 0 aliphatic rings. The van der Waals surface area contributed by atoms with Crippen LogP contribution in [0.1, 0.15) is 28.8 Å². The third-order valence-corrected chi connectivity index (χ3v) is 5.33. The molecule has 4 aromatic rings. The van der Waals surface area contributed by atoms with Gasteiger partial charge in [-0.2, -0.15) is 19.0 Å². The average Bonchev–Trinajstić information content (AvgIpc) is 3.37. The smallest absolute Gasteiger partial charge is 0.387 e. The van der Waals surface area contributed by atoms with Gasteiger partial charge in [0.25, 0.3) is 5.91 Å². The number of ether oxygens (including phenoxy) is 1. The molecule has 1 amide bonds. The van der Waals surface area contributed by atoms with Gasteiger partial charge in [-0.1, -0.05) is 6.92 Å². The lowest BCUT2D eigenvalue weighted by Gasteiger charge is -2.17. The summed E-state index contributed by atoms with van der Waals surface area (Å²) in [6, 6.07) is 4.82. The van der Waals surface area contributed by atoms with Crippen molar-refractivity contribution >= 4 is 29.9 Å². The molecule has 0 saturated heterocycles. The Labute approximate surface area is 192 Å². The van der Waals surface area contributed by atoms with Crippen LogP contribution in [0.25, 0.3) is 16.9 Å². The van der Waals surface area contributed by atoms with Crippen LogP contribution in [0.15, 0.2) is 47.9 Å². The average molecular weight is 474 g/mol. The largest absolute Gasteiger partial charge is 0.433 e. The number of hydrogen-bond acceptors (Lipinski definition) is 7. The first-order valence-electron chi connectivity index (χ1n) is 9.84. The SMILES string of the molecule is CC(CO)c1cc(S)c(OC(F)F)c(-c2nn(C)cc2NC(=O)c2cnn3cccnc23)c1. The number of aromatic nitrogens is 5. The Morgan fingerprint density at radius 3 is 2.88 bits per heavy atom. The number of aliphatic hydroxyl groups is 1. The molecule has 1 atom stereocenters. The highest BCUT2D eigenvalue weighted by atomic mass is 32.1. The molecule has 1 aromatic carbocycles. The number of rotatable bonds is 7. The van der Waals surface area contributed by atoms with Crippen molar-refractivity contribution in [1.82, 2.24) is 24.4 Å². The standard InChI is InChI=1S/C21H20F2N6O3S/c1-11(10-30)12-6-13(18(16(33)7-12)32-21(22)23)17-15(9-28(2)27-17)26-20(31)14-8-25-29-5-3-4-24-19(14)29/h3-9,11,21,30,33H,10H2,1-2H3,(H,26,31). The normalized spacial score (nSPS) is 12.3. The summed E-state index contributed by atoms with van der Waals surface area (Å²) in [7, 11) is 1.63. The van der Waals surface area contributed by atoms with Gasteiger partial charge >= 0.3 is 6.61 Å². The second-order valence-electron chi connectivity index (χ2n) is 7.34. The summed E-state index contributed by atoms with van der Waals surface area (Å²) in [6.07, 6.45) is 6.12. The second-order valence-corrected chi connectivity index (χ2v) is 7.83. The Hall–Kier alpha value is -3.51. The number of aliphatic hydroxyl groups excluding tert-OH is 1. The van der Waals surface area contributed by atoms with Crippen LogP contribution in [0.4, 0.5) is 14.5 Å². The highest BCUT2D eigenvalue weighted by Crippen LogP contribution is 2.41. The minimum absolute atomic E-state index is 0.151. The van der Waals surface area contributed by atoms with E-state index in [1.165, 1.54) is 15.4 Å². The van der Waals surface area contributed by atoms with Crippen LogP contribution in [0.5, 0.6) is 5.75 Å². The van der Waals surface area contributed by atoms with Crippen LogP contribution >= 0.6 is 12.6 Å². The number of benzene rings is 1. The summed E-state index contributed by atoms with van der Waals surface area (Å²) < 4.78 is 34.0. The summed E-state index contributed by atoms with van der Waals surface area (Å²) >= 11 is 4.31. The lowest BCUT2D eigenvalue weighted by Crippen LogP contribution is -2.13. The molecular weight excluding hydrogens is 454 g/mol. The van der Waals surface area contributed by atoms with Crippen molar-refractivity contribution in [3.8, 4) is 17.0 Å². The molecule has 4 rings (SSSR count). The predicted octanol–water partition coefficient (Wildman–Crippen LogP) is 3.37. The Morgan fingerprint density at radius 2 is 2.15 bits per heavy atom. The van der Waals surface area contributed by atoms with Crippen molar-refractivity contribution in [3.05, 3.63) is 54.1 Å². The van der Waals surface area contributed by atoms with E-state index in [-0.39, 0.29) is 45.7 Å². The third kappa shape index (κ3) is 4.52. The predicted molar refractivity (Wildman–Crippen MR) is 119 cm³/mol. The Balaban J connectivity index is 1.79. The van der Waals surface area contributed by atoms with Gasteiger partial charge in [-0.05, 0) is 23.8 Å². The van der Waals surface area contributed by atoms with Gasteiger partial charge in [0.1, 0.15) is 17.0 Å². The lowest BCUT2D eigenvalue weighted by molar-refractivity contribution is -0.0512. The third-order valence-electron chi connectivity index (χ3n) is 5.00. The molecule has 12 heteroatoms. The van der Waals surface area contributed by atoms with E-state index in [2.05, 4.69) is 33.1 Å². The van der Waals surface area contributed by atoms with Gasteiger partial charge in [-0.15, -0.1) is 12.6 Å². The van der Waals surface area contributed by atoms with Crippen LogP contribution in [-0.4, -0.2) is 48.6 Å². The summed E-state index contributed by atoms with van der Waals surface area (Å²) in [6.45, 7) is -1.48. The first kappa shape index (κ1) is 22.7. The number of thiol groups is 1. The van der Waals surface area contributed by atoms with Gasteiger partial charge in [-0.25, -0.2) is 9.50 Å². The number of nitrogens with one attached hydrogen (secondary N) is 1. The summed E-state index contributed by atoms with van der Waals surface area (Å²) in [5.41, 5.74) is 1.90. The van der Waals surface area contributed by atoms with Crippen molar-refractivity contribution in [3.63, 3.8) is 0 Å². The van der Waals surface area contributed by atoms with E-state index in [1.54, 1.807) is 50.8 Å². The molecule has 172 valence electrons. The molecule has 1 unspecified atom stereocenters. The number of carbonyl (C=O) groups is 1. The number of hydrogen-bond donors (Lipinski definition) is 3. The fourth-order valence-electron chi connectivity index (χ4n) is 3.37. The molecule has 2 N–H and O–H groups in total. The number of amides is 1. The Bertz CT molecular complexity index is 1320. The van der Waals surface area contributed by atoms with E-state index in [4.69, 9.17) is 4.74 Å². The molecule has 9 nitrogen and oxygen atoms in total. The maximum absolute atomic E-state index is 13.2. The number of carbonyl (C=O) groups excluding carboxylic acids is 1. The molecule has 0 spiro atoms. The van der Waals surface area contributed by atoms with Crippen molar-refractivity contribution in [2.24, 2.45) is 7.05 Å². The van der Waals surface area contributed by atoms with Crippen LogP contribution in [0.3, 0.4) is 0 Å². The van der Waals surface area contributed by atoms with Gasteiger partial charge in [0.2, 0.25) is 0 Å². The fraction of sp³-hybridized carbons (Fsp3) is 0.238. The Kier molecular flexibility index (Phi) is 6.29. The zero-order valence-corrected chi connectivity index (χ0v) is 18.5. The molecule has 0 aliphatic carbocycles. The number of halogens is 2. The molecule has 33 heavy (non-hydrogen) atoms. The van der Waals surface area contributed by atoms with E-state index in [9.17, 15) is 18.7 Å². The van der Waals surface area contributed by atoms with Crippen molar-refractivity contribution in [1.29, 1.82) is 0 Å². The van der Waals surface area contributed by atoms with Gasteiger partial charge in [-0.3, -0.25) is 9.48 Å². The molecule has 3 aromatic heterocycles. The van der Waals surface area contributed by atoms with Gasteiger partial charge < -0.3 is 15.2 Å². The van der Waals surface area contributed by atoms with Crippen LogP contribution < -0.4 is 10.1 Å². The van der Waals surface area contributed by atoms with E-state index in [0.717, 1.165) is 0 Å². The fourth-order valence-corrected chi connectivity index (χ4v) is 3.69. The van der Waals surface area contributed by atoms with E-state index in [1.807, 2.05) is 0 Å². The lowest BCUT2D eigenvalue weighted by atomic mass is 9.97.